The second-order valence-corrected chi connectivity index (χ2v) is 6.92. The Hall–Kier alpha value is -2.32. The first-order valence-corrected chi connectivity index (χ1v) is 8.41. The lowest BCUT2D eigenvalue weighted by atomic mass is 10.3. The second-order valence-electron chi connectivity index (χ2n) is 4.65. The van der Waals surface area contributed by atoms with Crippen molar-refractivity contribution in [2.24, 2.45) is 0 Å². The summed E-state index contributed by atoms with van der Waals surface area (Å²) >= 11 is 5.92. The number of anilines is 1. The van der Waals surface area contributed by atoms with Crippen LogP contribution in [-0.4, -0.2) is 33.1 Å². The summed E-state index contributed by atoms with van der Waals surface area (Å²) < 4.78 is 44.9. The zero-order valence-corrected chi connectivity index (χ0v) is 14.0. The van der Waals surface area contributed by atoms with Gasteiger partial charge in [-0.15, -0.1) is 0 Å². The van der Waals surface area contributed by atoms with Crippen LogP contribution < -0.4 is 9.04 Å². The summed E-state index contributed by atoms with van der Waals surface area (Å²) in [5.41, 5.74) is -0.369. The Labute approximate surface area is 143 Å². The van der Waals surface area contributed by atoms with Crippen LogP contribution in [0.3, 0.4) is 0 Å². The predicted octanol–water partition coefficient (Wildman–Crippen LogP) is 2.77. The minimum atomic E-state index is -4.35. The average Bonchev–Trinajstić information content (AvgIpc) is 2.53. The summed E-state index contributed by atoms with van der Waals surface area (Å²) in [6.07, 6.45) is 0. The van der Waals surface area contributed by atoms with E-state index in [0.29, 0.717) is 4.31 Å². The highest BCUT2D eigenvalue weighted by Gasteiger charge is 2.29. The number of carboxylic acids is 1. The number of carbonyl (C=O) groups is 1. The quantitative estimate of drug-likeness (QED) is 0.841. The van der Waals surface area contributed by atoms with Gasteiger partial charge >= 0.3 is 5.97 Å². The van der Waals surface area contributed by atoms with Crippen LogP contribution in [0.2, 0.25) is 5.02 Å². The van der Waals surface area contributed by atoms with Crippen molar-refractivity contribution in [3.8, 4) is 5.75 Å². The lowest BCUT2D eigenvalue weighted by Gasteiger charge is -2.23. The van der Waals surface area contributed by atoms with E-state index in [1.54, 1.807) is 0 Å². The fourth-order valence-electron chi connectivity index (χ4n) is 2.01. The molecule has 2 rings (SSSR count). The van der Waals surface area contributed by atoms with E-state index in [0.717, 1.165) is 12.1 Å². The summed E-state index contributed by atoms with van der Waals surface area (Å²) in [7, 11) is -2.98. The fourth-order valence-corrected chi connectivity index (χ4v) is 3.78. The number of nitrogens with zero attached hydrogens (tertiary/aromatic N) is 1. The third kappa shape index (κ3) is 3.60. The number of para-hydroxylation sites is 1. The van der Waals surface area contributed by atoms with Gasteiger partial charge in [0, 0.05) is 0 Å². The highest BCUT2D eigenvalue weighted by atomic mass is 35.5. The maximum atomic E-state index is 14.0. The van der Waals surface area contributed by atoms with Gasteiger partial charge in [0.1, 0.15) is 18.1 Å². The van der Waals surface area contributed by atoms with Crippen molar-refractivity contribution in [1.82, 2.24) is 0 Å². The lowest BCUT2D eigenvalue weighted by molar-refractivity contribution is -0.135. The van der Waals surface area contributed by atoms with E-state index in [1.165, 1.54) is 37.4 Å². The first kappa shape index (κ1) is 18.0. The van der Waals surface area contributed by atoms with E-state index < -0.39 is 28.4 Å². The van der Waals surface area contributed by atoms with Gasteiger partial charge in [-0.3, -0.25) is 9.10 Å². The molecule has 0 heterocycles. The molecule has 0 bridgehead atoms. The van der Waals surface area contributed by atoms with Gasteiger partial charge < -0.3 is 9.84 Å². The maximum Gasteiger partial charge on any atom is 0.324 e. The van der Waals surface area contributed by atoms with Gasteiger partial charge in [-0.25, -0.2) is 12.8 Å². The minimum Gasteiger partial charge on any atom is -0.495 e. The fraction of sp³-hybridized carbons (Fsp3) is 0.133. The first-order chi connectivity index (χ1) is 11.3. The molecule has 24 heavy (non-hydrogen) atoms. The number of aliphatic carboxylic acids is 1. The normalized spacial score (nSPS) is 11.1. The number of hydrogen-bond acceptors (Lipinski definition) is 4. The Morgan fingerprint density at radius 2 is 1.96 bits per heavy atom. The largest absolute Gasteiger partial charge is 0.495 e. The molecule has 0 aliphatic rings. The molecular formula is C15H13ClFNO5S. The van der Waals surface area contributed by atoms with E-state index in [4.69, 9.17) is 21.4 Å². The lowest BCUT2D eigenvalue weighted by Crippen LogP contribution is -2.36. The zero-order chi connectivity index (χ0) is 17.9. The van der Waals surface area contributed by atoms with Crippen LogP contribution in [0.1, 0.15) is 0 Å². The number of methoxy groups -OCH3 is 1. The average molecular weight is 374 g/mol. The molecule has 0 unspecified atom stereocenters. The Balaban J connectivity index is 2.58. The molecule has 0 saturated carbocycles. The highest BCUT2D eigenvalue weighted by Crippen LogP contribution is 2.31. The van der Waals surface area contributed by atoms with Crippen LogP contribution in [0.15, 0.2) is 47.4 Å². The predicted molar refractivity (Wildman–Crippen MR) is 86.6 cm³/mol. The van der Waals surface area contributed by atoms with E-state index in [1.807, 2.05) is 0 Å². The van der Waals surface area contributed by atoms with Gasteiger partial charge in [0.05, 0.1) is 22.7 Å². The van der Waals surface area contributed by atoms with Gasteiger partial charge in [0.25, 0.3) is 10.0 Å². The summed E-state index contributed by atoms with van der Waals surface area (Å²) in [5, 5.41) is 9.04. The Morgan fingerprint density at radius 1 is 1.29 bits per heavy atom. The molecule has 0 spiro atoms. The number of hydrogen-bond donors (Lipinski definition) is 1. The molecule has 0 atom stereocenters. The zero-order valence-electron chi connectivity index (χ0n) is 12.4. The second kappa shape index (κ2) is 7.06. The van der Waals surface area contributed by atoms with Crippen molar-refractivity contribution >= 4 is 33.3 Å². The Kier molecular flexibility index (Phi) is 5.30. The van der Waals surface area contributed by atoms with E-state index in [-0.39, 0.29) is 21.4 Å². The van der Waals surface area contributed by atoms with E-state index in [2.05, 4.69) is 0 Å². The maximum absolute atomic E-state index is 14.0. The molecule has 0 aliphatic heterocycles. The molecule has 0 amide bonds. The number of sulfonamides is 1. The van der Waals surface area contributed by atoms with Gasteiger partial charge in [0.2, 0.25) is 0 Å². The smallest absolute Gasteiger partial charge is 0.324 e. The van der Waals surface area contributed by atoms with Gasteiger partial charge in [-0.05, 0) is 30.3 Å². The van der Waals surface area contributed by atoms with Crippen molar-refractivity contribution in [2.75, 3.05) is 18.0 Å². The van der Waals surface area contributed by atoms with Crippen LogP contribution in [0, 0.1) is 5.82 Å². The molecule has 0 radical (unpaired) electrons. The van der Waals surface area contributed by atoms with E-state index >= 15 is 0 Å². The van der Waals surface area contributed by atoms with Gasteiger partial charge in [0.15, 0.2) is 0 Å². The molecular weight excluding hydrogens is 361 g/mol. The number of halogens is 2. The summed E-state index contributed by atoms with van der Waals surface area (Å²) in [6.45, 7) is -0.938. The molecule has 9 heteroatoms. The monoisotopic (exact) mass is 373 g/mol. The van der Waals surface area contributed by atoms with Crippen LogP contribution in [0.4, 0.5) is 10.1 Å². The summed E-state index contributed by atoms with van der Waals surface area (Å²) in [6, 6.07) is 8.65. The Bertz CT molecular complexity index is 872. The molecule has 0 aromatic heterocycles. The molecule has 6 nitrogen and oxygen atoms in total. The Morgan fingerprint density at radius 3 is 2.50 bits per heavy atom. The molecule has 0 fully saturated rings. The van der Waals surface area contributed by atoms with Crippen molar-refractivity contribution in [2.45, 2.75) is 4.90 Å². The molecule has 128 valence electrons. The topological polar surface area (TPSA) is 83.9 Å². The van der Waals surface area contributed by atoms with Crippen LogP contribution in [-0.2, 0) is 14.8 Å². The van der Waals surface area contributed by atoms with Crippen molar-refractivity contribution in [1.29, 1.82) is 0 Å². The highest BCUT2D eigenvalue weighted by molar-refractivity contribution is 7.92. The molecule has 0 saturated heterocycles. The third-order valence-electron chi connectivity index (χ3n) is 3.11. The first-order valence-electron chi connectivity index (χ1n) is 6.60. The standard InChI is InChI=1S/C15H13ClFNO5S/c1-23-14-7-6-10(8-11(14)16)24(21,22)18(9-15(19)20)13-5-3-2-4-12(13)17/h2-8H,9H2,1H3,(H,19,20). The van der Waals surface area contributed by atoms with Crippen LogP contribution in [0.25, 0.3) is 0 Å². The van der Waals surface area contributed by atoms with Crippen molar-refractivity contribution < 1.29 is 27.4 Å². The molecule has 2 aromatic carbocycles. The number of carboxylic acid groups (broad SMARTS) is 1. The number of rotatable bonds is 6. The molecule has 2 aromatic rings. The summed E-state index contributed by atoms with van der Waals surface area (Å²) in [4.78, 5) is 10.8. The third-order valence-corrected chi connectivity index (χ3v) is 5.16. The van der Waals surface area contributed by atoms with Crippen molar-refractivity contribution in [3.05, 3.63) is 53.3 Å². The summed E-state index contributed by atoms with van der Waals surface area (Å²) in [5.74, 6) is -2.03. The minimum absolute atomic E-state index is 0.0300. The number of ether oxygens (including phenoxy) is 1. The SMILES string of the molecule is COc1ccc(S(=O)(=O)N(CC(=O)O)c2ccccc2F)cc1Cl. The van der Waals surface area contributed by atoms with Gasteiger partial charge in [-0.2, -0.15) is 0 Å². The van der Waals surface area contributed by atoms with Crippen molar-refractivity contribution in [3.63, 3.8) is 0 Å². The molecule has 0 aliphatic carbocycles. The van der Waals surface area contributed by atoms with Crippen LogP contribution in [0.5, 0.6) is 5.75 Å². The van der Waals surface area contributed by atoms with Gasteiger partial charge in [-0.1, -0.05) is 23.7 Å². The number of benzene rings is 2. The molecule has 1 N–H and O–H groups in total. The van der Waals surface area contributed by atoms with E-state index in [9.17, 15) is 17.6 Å². The van der Waals surface area contributed by atoms with Crippen LogP contribution >= 0.6 is 11.6 Å².